The van der Waals surface area contributed by atoms with Gasteiger partial charge in [-0.1, -0.05) is 42.5 Å². The highest BCUT2D eigenvalue weighted by molar-refractivity contribution is 5.91. The number of carbonyl (C=O) groups is 2. The van der Waals surface area contributed by atoms with Crippen LogP contribution in [0.3, 0.4) is 0 Å². The predicted molar refractivity (Wildman–Crippen MR) is 122 cm³/mol. The van der Waals surface area contributed by atoms with Crippen LogP contribution < -0.4 is 9.47 Å². The zero-order valence-electron chi connectivity index (χ0n) is 18.0. The van der Waals surface area contributed by atoms with E-state index in [1.807, 2.05) is 55.5 Å². The Hall–Kier alpha value is -3.86. The van der Waals surface area contributed by atoms with Crippen molar-refractivity contribution in [3.63, 3.8) is 0 Å². The summed E-state index contributed by atoms with van der Waals surface area (Å²) in [6.07, 6.45) is 4.66. The molecule has 0 saturated heterocycles. The highest BCUT2D eigenvalue weighted by Crippen LogP contribution is 2.31. The number of ether oxygens (including phenoxy) is 3. The second-order valence-corrected chi connectivity index (χ2v) is 6.88. The maximum absolute atomic E-state index is 11.9. The highest BCUT2D eigenvalue weighted by Gasteiger charge is 2.12. The topological polar surface area (TPSA) is 61.8 Å². The van der Waals surface area contributed by atoms with E-state index in [9.17, 15) is 9.59 Å². The number of carbonyl (C=O) groups excluding carboxylic acids is 2. The van der Waals surface area contributed by atoms with Gasteiger partial charge in [-0.05, 0) is 59.0 Å². The summed E-state index contributed by atoms with van der Waals surface area (Å²) in [6.45, 7) is 2.04. The van der Waals surface area contributed by atoms with Crippen molar-refractivity contribution >= 4 is 24.4 Å². The summed E-state index contributed by atoms with van der Waals surface area (Å²) in [5.74, 6) is 0.551. The third-order valence-corrected chi connectivity index (χ3v) is 5.11. The molecule has 0 amide bonds. The molecular weight excluding hydrogens is 392 g/mol. The molecule has 31 heavy (non-hydrogen) atoms. The van der Waals surface area contributed by atoms with E-state index in [0.717, 1.165) is 34.1 Å². The number of esters is 1. The Balaban J connectivity index is 1.99. The summed E-state index contributed by atoms with van der Waals surface area (Å²) in [7, 11) is 4.41. The molecule has 0 radical (unpaired) electrons. The lowest BCUT2D eigenvalue weighted by molar-refractivity contribution is 0.0600. The molecule has 0 saturated carbocycles. The number of rotatable bonds is 7. The summed E-state index contributed by atoms with van der Waals surface area (Å²) < 4.78 is 15.5. The Morgan fingerprint density at radius 2 is 1.55 bits per heavy atom. The van der Waals surface area contributed by atoms with Crippen LogP contribution in [0.5, 0.6) is 11.5 Å². The molecule has 0 aliphatic rings. The van der Waals surface area contributed by atoms with Crippen LogP contribution in [0.4, 0.5) is 0 Å². The van der Waals surface area contributed by atoms with Crippen molar-refractivity contribution in [2.45, 2.75) is 6.92 Å². The van der Waals surface area contributed by atoms with Crippen molar-refractivity contribution in [2.75, 3.05) is 21.3 Å². The first-order chi connectivity index (χ1) is 15.0. The predicted octanol–water partition coefficient (Wildman–Crippen LogP) is 5.45. The molecule has 0 aromatic heterocycles. The minimum absolute atomic E-state index is 0.364. The summed E-state index contributed by atoms with van der Waals surface area (Å²) >= 11 is 0. The van der Waals surface area contributed by atoms with Gasteiger partial charge in [0.15, 0.2) is 6.29 Å². The smallest absolute Gasteiger partial charge is 0.337 e. The molecule has 0 heterocycles. The van der Waals surface area contributed by atoms with Crippen LogP contribution in [0.15, 0.2) is 54.6 Å². The monoisotopic (exact) mass is 416 g/mol. The second-order valence-electron chi connectivity index (χ2n) is 6.88. The molecule has 0 spiro atoms. The van der Waals surface area contributed by atoms with E-state index < -0.39 is 0 Å². The standard InChI is InChI=1S/C26H24O5/c1-17-19(12-11-18-13-24(29-2)23(16-27)25(14-18)30-3)7-6-10-22(17)20-8-5-9-21(15-20)26(28)31-4/h5-16H,1-4H3/b12-11+. The maximum Gasteiger partial charge on any atom is 0.337 e. The van der Waals surface area contributed by atoms with E-state index in [0.29, 0.717) is 22.6 Å². The SMILES string of the molecule is COC(=O)c1cccc(-c2cccc(/C=C/c3cc(OC)c(C=O)c(OC)c3)c2C)c1. The van der Waals surface area contributed by atoms with Crippen molar-refractivity contribution in [1.29, 1.82) is 0 Å². The fourth-order valence-electron chi connectivity index (χ4n) is 3.44. The Labute approximate surface area is 181 Å². The Morgan fingerprint density at radius 1 is 0.871 bits per heavy atom. The summed E-state index contributed by atoms with van der Waals surface area (Å²) in [4.78, 5) is 23.2. The van der Waals surface area contributed by atoms with Gasteiger partial charge in [0.25, 0.3) is 0 Å². The fourth-order valence-corrected chi connectivity index (χ4v) is 3.44. The van der Waals surface area contributed by atoms with E-state index in [1.54, 1.807) is 18.2 Å². The van der Waals surface area contributed by atoms with Gasteiger partial charge in [-0.2, -0.15) is 0 Å². The Morgan fingerprint density at radius 3 is 2.16 bits per heavy atom. The first kappa shape index (κ1) is 21.8. The Kier molecular flexibility index (Phi) is 6.88. The van der Waals surface area contributed by atoms with Gasteiger partial charge < -0.3 is 14.2 Å². The van der Waals surface area contributed by atoms with Crippen molar-refractivity contribution in [1.82, 2.24) is 0 Å². The normalized spacial score (nSPS) is 10.7. The molecule has 0 unspecified atom stereocenters. The van der Waals surface area contributed by atoms with Gasteiger partial charge in [0.1, 0.15) is 11.5 Å². The van der Waals surface area contributed by atoms with Crippen LogP contribution in [-0.2, 0) is 4.74 Å². The molecule has 3 rings (SSSR count). The first-order valence-electron chi connectivity index (χ1n) is 9.70. The highest BCUT2D eigenvalue weighted by atomic mass is 16.5. The molecule has 0 N–H and O–H groups in total. The van der Waals surface area contributed by atoms with Gasteiger partial charge in [0, 0.05) is 0 Å². The van der Waals surface area contributed by atoms with Crippen molar-refractivity contribution in [3.8, 4) is 22.6 Å². The summed E-state index contributed by atoms with van der Waals surface area (Å²) in [5.41, 5.74) is 5.80. The third-order valence-electron chi connectivity index (χ3n) is 5.11. The molecule has 3 aromatic carbocycles. The number of methoxy groups -OCH3 is 3. The average molecular weight is 416 g/mol. The molecule has 0 aliphatic carbocycles. The molecule has 5 heteroatoms. The van der Waals surface area contributed by atoms with Crippen LogP contribution in [0, 0.1) is 6.92 Å². The summed E-state index contributed by atoms with van der Waals surface area (Å²) in [6, 6.07) is 17.0. The lowest BCUT2D eigenvalue weighted by atomic mass is 9.95. The summed E-state index contributed by atoms with van der Waals surface area (Å²) in [5, 5.41) is 0. The van der Waals surface area contributed by atoms with Crippen LogP contribution in [0.2, 0.25) is 0 Å². The molecule has 0 atom stereocenters. The number of hydrogen-bond acceptors (Lipinski definition) is 5. The number of benzene rings is 3. The van der Waals surface area contributed by atoms with E-state index in [1.165, 1.54) is 21.3 Å². The van der Waals surface area contributed by atoms with Gasteiger partial charge in [-0.25, -0.2) is 4.79 Å². The zero-order chi connectivity index (χ0) is 22.4. The molecule has 158 valence electrons. The average Bonchev–Trinajstić information content (AvgIpc) is 2.82. The Bertz CT molecular complexity index is 1120. The lowest BCUT2D eigenvalue weighted by Gasteiger charge is -2.11. The van der Waals surface area contributed by atoms with Crippen LogP contribution in [-0.4, -0.2) is 33.6 Å². The molecule has 0 bridgehead atoms. The molecule has 0 aliphatic heterocycles. The minimum atomic E-state index is -0.364. The van der Waals surface area contributed by atoms with Crippen LogP contribution in [0.1, 0.15) is 37.4 Å². The second kappa shape index (κ2) is 9.76. The van der Waals surface area contributed by atoms with E-state index in [-0.39, 0.29) is 5.97 Å². The lowest BCUT2D eigenvalue weighted by Crippen LogP contribution is -2.01. The molecular formula is C26H24O5. The van der Waals surface area contributed by atoms with Crippen molar-refractivity contribution < 1.29 is 23.8 Å². The van der Waals surface area contributed by atoms with Gasteiger partial charge in [0.2, 0.25) is 0 Å². The molecule has 0 fully saturated rings. The van der Waals surface area contributed by atoms with E-state index in [2.05, 4.69) is 0 Å². The minimum Gasteiger partial charge on any atom is -0.496 e. The fraction of sp³-hybridized carbons (Fsp3) is 0.154. The first-order valence-corrected chi connectivity index (χ1v) is 9.70. The van der Waals surface area contributed by atoms with Gasteiger partial charge in [0.05, 0.1) is 32.5 Å². The van der Waals surface area contributed by atoms with Gasteiger partial charge in [-0.3, -0.25) is 4.79 Å². The zero-order valence-corrected chi connectivity index (χ0v) is 18.0. The molecule has 3 aromatic rings. The van der Waals surface area contributed by atoms with Gasteiger partial charge >= 0.3 is 5.97 Å². The third kappa shape index (κ3) is 4.67. The quantitative estimate of drug-likeness (QED) is 0.291. The largest absolute Gasteiger partial charge is 0.496 e. The maximum atomic E-state index is 11.9. The van der Waals surface area contributed by atoms with Crippen LogP contribution >= 0.6 is 0 Å². The van der Waals surface area contributed by atoms with Crippen LogP contribution in [0.25, 0.3) is 23.3 Å². The van der Waals surface area contributed by atoms with Crippen molar-refractivity contribution in [2.24, 2.45) is 0 Å². The van der Waals surface area contributed by atoms with Crippen molar-refractivity contribution in [3.05, 3.63) is 82.4 Å². The van der Waals surface area contributed by atoms with Gasteiger partial charge in [-0.15, -0.1) is 0 Å². The number of hydrogen-bond donors (Lipinski definition) is 0. The molecule has 5 nitrogen and oxygen atoms in total. The number of aldehydes is 1. The van der Waals surface area contributed by atoms with E-state index in [4.69, 9.17) is 14.2 Å². The van der Waals surface area contributed by atoms with E-state index >= 15 is 0 Å².